The maximum absolute atomic E-state index is 12.6. The molecule has 3 rings (SSSR count). The van der Waals surface area contributed by atoms with Crippen LogP contribution in [-0.2, 0) is 4.74 Å². The van der Waals surface area contributed by atoms with Gasteiger partial charge in [0.25, 0.3) is 5.91 Å². The summed E-state index contributed by atoms with van der Waals surface area (Å²) in [5.74, 6) is 1.73. The second-order valence-corrected chi connectivity index (χ2v) is 6.39. The zero-order chi connectivity index (χ0) is 20.6. The van der Waals surface area contributed by atoms with Crippen LogP contribution in [-0.4, -0.2) is 38.3 Å². The molecule has 0 fully saturated rings. The third-order valence-electron chi connectivity index (χ3n) is 4.44. The van der Waals surface area contributed by atoms with Crippen molar-refractivity contribution in [2.45, 2.75) is 13.0 Å². The van der Waals surface area contributed by atoms with Crippen LogP contribution < -0.4 is 14.8 Å². The van der Waals surface area contributed by atoms with Crippen LogP contribution in [0.1, 0.15) is 28.9 Å². The molecule has 1 N–H and O–H groups in total. The number of nitrogens with one attached hydrogen (secondary N) is 1. The molecule has 0 saturated heterocycles. The van der Waals surface area contributed by atoms with E-state index in [1.807, 2.05) is 37.3 Å². The molecule has 1 amide bonds. The van der Waals surface area contributed by atoms with E-state index in [0.29, 0.717) is 36.0 Å². The summed E-state index contributed by atoms with van der Waals surface area (Å²) in [5.41, 5.74) is 2.33. The van der Waals surface area contributed by atoms with Crippen molar-refractivity contribution in [1.29, 1.82) is 0 Å². The molecule has 0 aliphatic carbocycles. The Labute approximate surface area is 169 Å². The Morgan fingerprint density at radius 2 is 1.90 bits per heavy atom. The Morgan fingerprint density at radius 3 is 2.55 bits per heavy atom. The van der Waals surface area contributed by atoms with Gasteiger partial charge in [0.15, 0.2) is 23.7 Å². The van der Waals surface area contributed by atoms with Gasteiger partial charge in [-0.15, -0.1) is 0 Å². The van der Waals surface area contributed by atoms with Crippen LogP contribution in [0.25, 0.3) is 11.3 Å². The van der Waals surface area contributed by atoms with Gasteiger partial charge >= 0.3 is 0 Å². The Balaban J connectivity index is 1.65. The third kappa shape index (κ3) is 5.14. The van der Waals surface area contributed by atoms with Crippen molar-refractivity contribution in [2.75, 3.05) is 27.4 Å². The SMILES string of the molecule is COCCOc1ccc(C(C)NC(=O)c2ccc(-c3cnco3)cc2)cc1OC. The highest BCUT2D eigenvalue weighted by Gasteiger charge is 2.14. The molecule has 1 unspecified atom stereocenters. The summed E-state index contributed by atoms with van der Waals surface area (Å²) in [6.45, 7) is 2.84. The first-order chi connectivity index (χ1) is 14.1. The van der Waals surface area contributed by atoms with Crippen molar-refractivity contribution >= 4 is 5.91 Å². The van der Waals surface area contributed by atoms with Gasteiger partial charge < -0.3 is 23.9 Å². The second-order valence-electron chi connectivity index (χ2n) is 6.39. The summed E-state index contributed by atoms with van der Waals surface area (Å²) < 4.78 is 21.3. The van der Waals surface area contributed by atoms with Crippen LogP contribution >= 0.6 is 0 Å². The lowest BCUT2D eigenvalue weighted by molar-refractivity contribution is 0.0940. The zero-order valence-electron chi connectivity index (χ0n) is 16.7. The molecule has 1 atom stereocenters. The van der Waals surface area contributed by atoms with E-state index < -0.39 is 0 Å². The first-order valence-electron chi connectivity index (χ1n) is 9.22. The Bertz CT molecular complexity index is 923. The predicted molar refractivity (Wildman–Crippen MR) is 108 cm³/mol. The zero-order valence-corrected chi connectivity index (χ0v) is 16.7. The summed E-state index contributed by atoms with van der Waals surface area (Å²) in [6, 6.07) is 12.6. The number of hydrogen-bond donors (Lipinski definition) is 1. The van der Waals surface area contributed by atoms with E-state index in [2.05, 4.69) is 10.3 Å². The number of nitrogens with zero attached hydrogens (tertiary/aromatic N) is 1. The first-order valence-corrected chi connectivity index (χ1v) is 9.22. The topological polar surface area (TPSA) is 82.8 Å². The average Bonchev–Trinajstić information content (AvgIpc) is 3.29. The predicted octanol–water partition coefficient (Wildman–Crippen LogP) is 3.87. The number of methoxy groups -OCH3 is 2. The standard InChI is InChI=1S/C22H24N2O5/c1-15(18-8-9-19(20(12-18)27-3)28-11-10-26-2)24-22(25)17-6-4-16(5-7-17)21-13-23-14-29-21/h4-9,12-15H,10-11H2,1-3H3,(H,24,25). The molecule has 152 valence electrons. The van der Waals surface area contributed by atoms with Crippen molar-refractivity contribution in [3.05, 3.63) is 66.2 Å². The van der Waals surface area contributed by atoms with Crippen LogP contribution in [0.3, 0.4) is 0 Å². The lowest BCUT2D eigenvalue weighted by Gasteiger charge is -2.17. The molecule has 0 aliphatic heterocycles. The van der Waals surface area contributed by atoms with Crippen LogP contribution in [0.15, 0.2) is 59.5 Å². The van der Waals surface area contributed by atoms with Crippen molar-refractivity contribution in [3.63, 3.8) is 0 Å². The van der Waals surface area contributed by atoms with Gasteiger partial charge in [-0.3, -0.25) is 4.79 Å². The molecule has 1 heterocycles. The number of carbonyl (C=O) groups excluding carboxylic acids is 1. The van der Waals surface area contributed by atoms with Gasteiger partial charge in [-0.25, -0.2) is 4.98 Å². The fourth-order valence-corrected chi connectivity index (χ4v) is 2.82. The van der Waals surface area contributed by atoms with E-state index >= 15 is 0 Å². The monoisotopic (exact) mass is 396 g/mol. The molecule has 7 heteroatoms. The van der Waals surface area contributed by atoms with E-state index in [4.69, 9.17) is 18.6 Å². The minimum absolute atomic E-state index is 0.166. The number of benzene rings is 2. The smallest absolute Gasteiger partial charge is 0.251 e. The number of carbonyl (C=O) groups is 1. The highest BCUT2D eigenvalue weighted by Crippen LogP contribution is 2.30. The highest BCUT2D eigenvalue weighted by molar-refractivity contribution is 5.94. The maximum Gasteiger partial charge on any atom is 0.251 e. The molecule has 3 aromatic rings. The molecule has 0 bridgehead atoms. The summed E-state index contributed by atoms with van der Waals surface area (Å²) in [5, 5.41) is 3.00. The summed E-state index contributed by atoms with van der Waals surface area (Å²) in [6.07, 6.45) is 3.01. The second kappa shape index (κ2) is 9.75. The van der Waals surface area contributed by atoms with Gasteiger partial charge in [-0.2, -0.15) is 0 Å². The number of amides is 1. The lowest BCUT2D eigenvalue weighted by atomic mass is 10.1. The molecule has 0 saturated carbocycles. The van der Waals surface area contributed by atoms with E-state index in [1.54, 1.807) is 32.5 Å². The first kappa shape index (κ1) is 20.4. The Hall–Kier alpha value is -3.32. The van der Waals surface area contributed by atoms with E-state index in [1.165, 1.54) is 6.39 Å². The summed E-state index contributed by atoms with van der Waals surface area (Å²) in [7, 11) is 3.21. The van der Waals surface area contributed by atoms with Gasteiger partial charge in [0.2, 0.25) is 0 Å². The van der Waals surface area contributed by atoms with E-state index in [-0.39, 0.29) is 11.9 Å². The van der Waals surface area contributed by atoms with Crippen molar-refractivity contribution in [3.8, 4) is 22.8 Å². The van der Waals surface area contributed by atoms with Crippen molar-refractivity contribution in [2.24, 2.45) is 0 Å². The quantitative estimate of drug-likeness (QED) is 0.553. The summed E-state index contributed by atoms with van der Waals surface area (Å²) in [4.78, 5) is 16.5. The molecule has 7 nitrogen and oxygen atoms in total. The van der Waals surface area contributed by atoms with Crippen LogP contribution in [0.5, 0.6) is 11.5 Å². The molecule has 0 spiro atoms. The maximum atomic E-state index is 12.6. The van der Waals surface area contributed by atoms with Crippen molar-refractivity contribution in [1.82, 2.24) is 10.3 Å². The molecule has 0 aliphatic rings. The molecular weight excluding hydrogens is 372 g/mol. The van der Waals surface area contributed by atoms with Crippen molar-refractivity contribution < 1.29 is 23.4 Å². The fraction of sp³-hybridized carbons (Fsp3) is 0.273. The van der Waals surface area contributed by atoms with Crippen LogP contribution in [0.4, 0.5) is 0 Å². The number of rotatable bonds is 9. The molecule has 29 heavy (non-hydrogen) atoms. The largest absolute Gasteiger partial charge is 0.493 e. The minimum atomic E-state index is -0.210. The lowest BCUT2D eigenvalue weighted by Crippen LogP contribution is -2.26. The number of ether oxygens (including phenoxy) is 3. The van der Waals surface area contributed by atoms with Gasteiger partial charge in [0.1, 0.15) is 6.61 Å². The van der Waals surface area contributed by atoms with E-state index in [0.717, 1.165) is 11.1 Å². The molecule has 1 aromatic heterocycles. The molecule has 2 aromatic carbocycles. The van der Waals surface area contributed by atoms with Gasteiger partial charge in [0.05, 0.1) is 26.0 Å². The van der Waals surface area contributed by atoms with Crippen LogP contribution in [0.2, 0.25) is 0 Å². The Morgan fingerprint density at radius 1 is 1.10 bits per heavy atom. The molecular formula is C22H24N2O5. The van der Waals surface area contributed by atoms with Crippen LogP contribution in [0, 0.1) is 0 Å². The Kier molecular flexibility index (Phi) is 6.86. The third-order valence-corrected chi connectivity index (χ3v) is 4.44. The number of hydrogen-bond acceptors (Lipinski definition) is 6. The van der Waals surface area contributed by atoms with Gasteiger partial charge in [-0.05, 0) is 36.8 Å². The van der Waals surface area contributed by atoms with E-state index in [9.17, 15) is 4.79 Å². The normalized spacial score (nSPS) is 11.7. The summed E-state index contributed by atoms with van der Waals surface area (Å²) >= 11 is 0. The van der Waals surface area contributed by atoms with Gasteiger partial charge in [0, 0.05) is 18.2 Å². The number of aromatic nitrogens is 1. The fourth-order valence-electron chi connectivity index (χ4n) is 2.82. The number of oxazole rings is 1. The molecule has 0 radical (unpaired) electrons. The highest BCUT2D eigenvalue weighted by atomic mass is 16.5. The average molecular weight is 396 g/mol. The minimum Gasteiger partial charge on any atom is -0.493 e. The van der Waals surface area contributed by atoms with Gasteiger partial charge in [-0.1, -0.05) is 18.2 Å².